The number of hydrogen-bond donors (Lipinski definition) is 2. The Balaban J connectivity index is 2.94. The first-order valence-corrected chi connectivity index (χ1v) is 6.61. The van der Waals surface area contributed by atoms with Crippen LogP contribution >= 0.6 is 0 Å². The zero-order valence-corrected chi connectivity index (χ0v) is 11.0. The van der Waals surface area contributed by atoms with Gasteiger partial charge in [0.2, 0.25) is 10.0 Å². The molecule has 104 valence electrons. The lowest BCUT2D eigenvalue weighted by molar-refractivity contribution is -0.000453. The predicted molar refractivity (Wildman–Crippen MR) is 59.9 cm³/mol. The first-order valence-electron chi connectivity index (χ1n) is 5.13. The molecule has 0 saturated carbocycles. The summed E-state index contributed by atoms with van der Waals surface area (Å²) in [6, 6.07) is 0. The van der Waals surface area contributed by atoms with Gasteiger partial charge >= 0.3 is 0 Å². The SMILES string of the molecule is Cc1nn(C)c(C)c1S(=O)(=O)NCC(O)C(F)F. The molecule has 0 aromatic carbocycles. The highest BCUT2D eigenvalue weighted by Gasteiger charge is 2.26. The number of hydrogen-bond acceptors (Lipinski definition) is 4. The number of aromatic nitrogens is 2. The van der Waals surface area contributed by atoms with Crippen LogP contribution in [0.1, 0.15) is 11.4 Å². The number of nitrogens with one attached hydrogen (secondary N) is 1. The molecule has 1 heterocycles. The quantitative estimate of drug-likeness (QED) is 0.793. The fraction of sp³-hybridized carbons (Fsp3) is 0.667. The Morgan fingerprint density at radius 3 is 2.39 bits per heavy atom. The van der Waals surface area contributed by atoms with Gasteiger partial charge in [0.25, 0.3) is 6.43 Å². The first kappa shape index (κ1) is 15.0. The summed E-state index contributed by atoms with van der Waals surface area (Å²) < 4.78 is 51.2. The van der Waals surface area contributed by atoms with Gasteiger partial charge in [-0.05, 0) is 13.8 Å². The molecule has 6 nitrogen and oxygen atoms in total. The molecule has 1 atom stereocenters. The van der Waals surface area contributed by atoms with Crippen LogP contribution in [0.15, 0.2) is 4.90 Å². The van der Waals surface area contributed by atoms with E-state index in [0.717, 1.165) is 0 Å². The fourth-order valence-electron chi connectivity index (χ4n) is 1.50. The second kappa shape index (κ2) is 5.29. The lowest BCUT2D eigenvalue weighted by atomic mass is 10.4. The number of nitrogens with zero attached hydrogens (tertiary/aromatic N) is 2. The molecule has 0 fully saturated rings. The van der Waals surface area contributed by atoms with Gasteiger partial charge in [-0.25, -0.2) is 21.9 Å². The molecule has 0 aliphatic carbocycles. The molecular weight excluding hydrogens is 268 g/mol. The van der Waals surface area contributed by atoms with E-state index in [9.17, 15) is 17.2 Å². The molecule has 1 unspecified atom stereocenters. The van der Waals surface area contributed by atoms with Gasteiger partial charge < -0.3 is 5.11 Å². The molecule has 1 aromatic heterocycles. The third kappa shape index (κ3) is 3.03. The van der Waals surface area contributed by atoms with Gasteiger partial charge in [-0.1, -0.05) is 0 Å². The summed E-state index contributed by atoms with van der Waals surface area (Å²) in [7, 11) is -2.38. The van der Waals surface area contributed by atoms with E-state index < -0.39 is 29.1 Å². The van der Waals surface area contributed by atoms with E-state index in [-0.39, 0.29) is 10.6 Å². The molecule has 0 aliphatic heterocycles. The molecule has 0 bridgehead atoms. The van der Waals surface area contributed by atoms with Gasteiger partial charge in [-0.3, -0.25) is 4.68 Å². The number of aliphatic hydroxyl groups is 1. The van der Waals surface area contributed by atoms with E-state index in [1.54, 1.807) is 14.0 Å². The molecular formula is C9H15F2N3O3S. The van der Waals surface area contributed by atoms with Crippen molar-refractivity contribution in [1.82, 2.24) is 14.5 Å². The van der Waals surface area contributed by atoms with Crippen molar-refractivity contribution in [1.29, 1.82) is 0 Å². The average Bonchev–Trinajstić information content (AvgIpc) is 2.50. The molecule has 0 amide bonds. The standard InChI is InChI=1S/C9H15F2N3O3S/c1-5-8(6(2)14(3)13-5)18(16,17)12-4-7(15)9(10)11/h7,9,12,15H,4H2,1-3H3. The maximum atomic E-state index is 12.1. The van der Waals surface area contributed by atoms with Gasteiger partial charge in [-0.15, -0.1) is 0 Å². The average molecular weight is 283 g/mol. The maximum Gasteiger partial charge on any atom is 0.265 e. The van der Waals surface area contributed by atoms with Crippen molar-refractivity contribution in [3.05, 3.63) is 11.4 Å². The van der Waals surface area contributed by atoms with Crippen LogP contribution in [0.3, 0.4) is 0 Å². The number of rotatable bonds is 5. The summed E-state index contributed by atoms with van der Waals surface area (Å²) in [4.78, 5) is -0.0496. The summed E-state index contributed by atoms with van der Waals surface area (Å²) in [5.41, 5.74) is 0.667. The van der Waals surface area contributed by atoms with Crippen LogP contribution in [-0.2, 0) is 17.1 Å². The summed E-state index contributed by atoms with van der Waals surface area (Å²) in [6.45, 7) is 2.32. The van der Waals surface area contributed by atoms with Crippen molar-refractivity contribution in [2.75, 3.05) is 6.54 Å². The Labute approximate surface area is 104 Å². The van der Waals surface area contributed by atoms with Crippen molar-refractivity contribution in [3.63, 3.8) is 0 Å². The van der Waals surface area contributed by atoms with Crippen LogP contribution in [0.5, 0.6) is 0 Å². The van der Waals surface area contributed by atoms with Gasteiger partial charge in [0, 0.05) is 13.6 Å². The highest BCUT2D eigenvalue weighted by Crippen LogP contribution is 2.18. The molecule has 18 heavy (non-hydrogen) atoms. The molecule has 9 heteroatoms. The summed E-state index contributed by atoms with van der Waals surface area (Å²) in [5.74, 6) is 0. The lowest BCUT2D eigenvalue weighted by Gasteiger charge is -2.11. The third-order valence-corrected chi connectivity index (χ3v) is 4.16. The Morgan fingerprint density at radius 2 is 2.00 bits per heavy atom. The smallest absolute Gasteiger partial charge is 0.265 e. The van der Waals surface area contributed by atoms with E-state index in [0.29, 0.717) is 5.69 Å². The van der Waals surface area contributed by atoms with Crippen LogP contribution in [0.4, 0.5) is 8.78 Å². The number of aliphatic hydroxyl groups excluding tert-OH is 1. The summed E-state index contributed by atoms with van der Waals surface area (Å²) in [6.07, 6.45) is -5.03. The normalized spacial score (nSPS) is 14.2. The zero-order chi connectivity index (χ0) is 14.1. The molecule has 0 spiro atoms. The molecule has 0 saturated heterocycles. The van der Waals surface area contributed by atoms with E-state index in [1.165, 1.54) is 11.6 Å². The van der Waals surface area contributed by atoms with Crippen LogP contribution in [-0.4, -0.2) is 42.4 Å². The summed E-state index contributed by atoms with van der Waals surface area (Å²) in [5, 5.41) is 12.8. The minimum atomic E-state index is -3.96. The largest absolute Gasteiger partial charge is 0.386 e. The second-order valence-electron chi connectivity index (χ2n) is 3.88. The minimum Gasteiger partial charge on any atom is -0.386 e. The van der Waals surface area contributed by atoms with Crippen LogP contribution in [0.25, 0.3) is 0 Å². The van der Waals surface area contributed by atoms with Crippen molar-refractivity contribution in [2.24, 2.45) is 7.05 Å². The van der Waals surface area contributed by atoms with Crippen molar-refractivity contribution >= 4 is 10.0 Å². The molecule has 2 N–H and O–H groups in total. The van der Waals surface area contributed by atoms with Crippen molar-refractivity contribution < 1.29 is 22.3 Å². The molecule has 1 rings (SSSR count). The Bertz CT molecular complexity index is 527. The van der Waals surface area contributed by atoms with Crippen molar-refractivity contribution in [3.8, 4) is 0 Å². The highest BCUT2D eigenvalue weighted by atomic mass is 32.2. The van der Waals surface area contributed by atoms with E-state index in [1.807, 2.05) is 4.72 Å². The number of alkyl halides is 2. The minimum absolute atomic E-state index is 0.0496. The van der Waals surface area contributed by atoms with E-state index >= 15 is 0 Å². The molecule has 0 aliphatic rings. The predicted octanol–water partition coefficient (Wildman–Crippen LogP) is -0.0588. The monoisotopic (exact) mass is 283 g/mol. The Kier molecular flexibility index (Phi) is 4.41. The third-order valence-electron chi connectivity index (χ3n) is 2.48. The van der Waals surface area contributed by atoms with Gasteiger partial charge in [0.1, 0.15) is 11.0 Å². The van der Waals surface area contributed by atoms with Crippen LogP contribution in [0, 0.1) is 13.8 Å². The maximum absolute atomic E-state index is 12.1. The highest BCUT2D eigenvalue weighted by molar-refractivity contribution is 7.89. The fourth-order valence-corrected chi connectivity index (χ4v) is 2.98. The first-order chi connectivity index (χ1) is 8.16. The number of halogens is 2. The van der Waals surface area contributed by atoms with Crippen LogP contribution < -0.4 is 4.72 Å². The Morgan fingerprint density at radius 1 is 1.44 bits per heavy atom. The molecule has 0 radical (unpaired) electrons. The lowest BCUT2D eigenvalue weighted by Crippen LogP contribution is -2.36. The van der Waals surface area contributed by atoms with E-state index in [4.69, 9.17) is 5.11 Å². The topological polar surface area (TPSA) is 84.2 Å². The van der Waals surface area contributed by atoms with Crippen molar-refractivity contribution in [2.45, 2.75) is 31.3 Å². The zero-order valence-electron chi connectivity index (χ0n) is 10.2. The van der Waals surface area contributed by atoms with E-state index in [2.05, 4.69) is 5.10 Å². The van der Waals surface area contributed by atoms with Gasteiger partial charge in [-0.2, -0.15) is 5.10 Å². The Hall–Kier alpha value is -1.06. The van der Waals surface area contributed by atoms with Gasteiger partial charge in [0.15, 0.2) is 0 Å². The van der Waals surface area contributed by atoms with Crippen LogP contribution in [0.2, 0.25) is 0 Å². The number of aryl methyl sites for hydroxylation is 2. The number of sulfonamides is 1. The second-order valence-corrected chi connectivity index (χ2v) is 5.58. The molecule has 1 aromatic rings. The van der Waals surface area contributed by atoms with Gasteiger partial charge in [0.05, 0.1) is 11.4 Å². The summed E-state index contributed by atoms with van der Waals surface area (Å²) >= 11 is 0.